The molecule has 7 nitrogen and oxygen atoms in total. The molecular formula is C22H23NO6. The number of para-hydroxylation sites is 1. The normalized spacial score (nSPS) is 16.5. The van der Waals surface area contributed by atoms with Gasteiger partial charge in [0, 0.05) is 17.5 Å². The van der Waals surface area contributed by atoms with E-state index in [1.807, 2.05) is 26.0 Å². The predicted octanol–water partition coefficient (Wildman–Crippen LogP) is 3.02. The first-order chi connectivity index (χ1) is 13.9. The Balaban J connectivity index is 1.40. The Morgan fingerprint density at radius 1 is 1.24 bits per heavy atom. The number of hydrogen-bond acceptors (Lipinski definition) is 6. The minimum atomic E-state index is -1.55. The highest BCUT2D eigenvalue weighted by Crippen LogP contribution is 2.41. The van der Waals surface area contributed by atoms with E-state index in [1.54, 1.807) is 24.3 Å². The van der Waals surface area contributed by atoms with Gasteiger partial charge in [0.1, 0.15) is 11.4 Å². The fourth-order valence-electron chi connectivity index (χ4n) is 3.47. The maximum absolute atomic E-state index is 12.4. The van der Waals surface area contributed by atoms with Gasteiger partial charge in [0.2, 0.25) is 0 Å². The monoisotopic (exact) mass is 397 g/mol. The highest BCUT2D eigenvalue weighted by Gasteiger charge is 2.36. The molecule has 0 saturated carbocycles. The van der Waals surface area contributed by atoms with Gasteiger partial charge in [-0.25, -0.2) is 0 Å². The van der Waals surface area contributed by atoms with Crippen molar-refractivity contribution in [3.8, 4) is 11.5 Å². The molecule has 4 rings (SSSR count). The van der Waals surface area contributed by atoms with E-state index in [0.717, 1.165) is 12.0 Å². The maximum Gasteiger partial charge on any atom is 0.258 e. The van der Waals surface area contributed by atoms with Crippen molar-refractivity contribution in [3.05, 3.63) is 72.1 Å². The molecule has 1 aliphatic heterocycles. The summed E-state index contributed by atoms with van der Waals surface area (Å²) in [6.07, 6.45) is 5.11. The van der Waals surface area contributed by atoms with Crippen LogP contribution in [0.2, 0.25) is 0 Å². The smallest absolute Gasteiger partial charge is 0.258 e. The summed E-state index contributed by atoms with van der Waals surface area (Å²) in [5, 5.41) is 13.8. The van der Waals surface area contributed by atoms with Gasteiger partial charge in [-0.05, 0) is 38.1 Å². The fraction of sp³-hybridized carbons (Fsp3) is 0.318. The van der Waals surface area contributed by atoms with Crippen molar-refractivity contribution in [2.75, 3.05) is 13.2 Å². The van der Waals surface area contributed by atoms with Crippen molar-refractivity contribution in [1.29, 1.82) is 0 Å². The Morgan fingerprint density at radius 2 is 2.10 bits per heavy atom. The van der Waals surface area contributed by atoms with Crippen molar-refractivity contribution in [2.24, 2.45) is 0 Å². The molecule has 0 unspecified atom stereocenters. The Hall–Kier alpha value is -3.19. The first-order valence-corrected chi connectivity index (χ1v) is 9.37. The first-order valence-electron chi connectivity index (χ1n) is 9.37. The van der Waals surface area contributed by atoms with Crippen LogP contribution in [0.1, 0.15) is 30.7 Å². The summed E-state index contributed by atoms with van der Waals surface area (Å²) < 4.78 is 22.1. The molecule has 1 aliphatic rings. The average Bonchev–Trinajstić information content (AvgIpc) is 3.44. The number of amides is 1. The molecule has 0 saturated heterocycles. The molecule has 0 spiro atoms. The Labute approximate surface area is 168 Å². The Kier molecular flexibility index (Phi) is 4.84. The van der Waals surface area contributed by atoms with Crippen LogP contribution >= 0.6 is 0 Å². The second-order valence-corrected chi connectivity index (χ2v) is 7.70. The third-order valence-corrected chi connectivity index (χ3v) is 4.88. The standard InChI is InChI=1S/C22H23NO6/c1-21(2)11-15-5-3-6-17(20(15)29-21)28-13-19(24)23-14-22(25,16-8-10-26-12-16)18-7-4-9-27-18/h3-10,12,25H,11,13-14H2,1-2H3,(H,23,24)/t22-/m1/s1. The zero-order valence-electron chi connectivity index (χ0n) is 16.3. The molecular weight excluding hydrogens is 374 g/mol. The fourth-order valence-corrected chi connectivity index (χ4v) is 3.47. The minimum Gasteiger partial charge on any atom is -0.483 e. The topological polar surface area (TPSA) is 94.1 Å². The van der Waals surface area contributed by atoms with Gasteiger partial charge in [0.15, 0.2) is 23.7 Å². The summed E-state index contributed by atoms with van der Waals surface area (Å²) in [5.74, 6) is 1.13. The third-order valence-electron chi connectivity index (χ3n) is 4.88. The molecule has 0 bridgehead atoms. The number of hydrogen-bond donors (Lipinski definition) is 2. The number of nitrogens with one attached hydrogen (secondary N) is 1. The van der Waals surface area contributed by atoms with E-state index in [4.69, 9.17) is 18.3 Å². The summed E-state index contributed by atoms with van der Waals surface area (Å²) in [5.41, 5.74) is -0.313. The first kappa shape index (κ1) is 19.1. The van der Waals surface area contributed by atoms with Crippen LogP contribution in [-0.2, 0) is 16.8 Å². The van der Waals surface area contributed by atoms with Crippen LogP contribution in [0, 0.1) is 0 Å². The molecule has 0 fully saturated rings. The third kappa shape index (κ3) is 3.86. The number of benzene rings is 1. The Morgan fingerprint density at radius 3 is 2.83 bits per heavy atom. The van der Waals surface area contributed by atoms with E-state index in [1.165, 1.54) is 18.8 Å². The highest BCUT2D eigenvalue weighted by atomic mass is 16.5. The predicted molar refractivity (Wildman–Crippen MR) is 104 cm³/mol. The van der Waals surface area contributed by atoms with Crippen molar-refractivity contribution in [1.82, 2.24) is 5.32 Å². The van der Waals surface area contributed by atoms with Crippen LogP contribution in [0.4, 0.5) is 0 Å². The highest BCUT2D eigenvalue weighted by molar-refractivity contribution is 5.77. The van der Waals surface area contributed by atoms with Gasteiger partial charge in [-0.15, -0.1) is 0 Å². The lowest BCUT2D eigenvalue weighted by atomic mass is 9.93. The molecule has 0 radical (unpaired) electrons. The van der Waals surface area contributed by atoms with E-state index >= 15 is 0 Å². The summed E-state index contributed by atoms with van der Waals surface area (Å²) in [6.45, 7) is 3.71. The lowest BCUT2D eigenvalue weighted by molar-refractivity contribution is -0.124. The van der Waals surface area contributed by atoms with E-state index < -0.39 is 5.60 Å². The Bertz CT molecular complexity index is 941. The lowest BCUT2D eigenvalue weighted by Crippen LogP contribution is -2.42. The molecule has 1 amide bonds. The van der Waals surface area contributed by atoms with Gasteiger partial charge in [0.05, 0.1) is 25.3 Å². The number of aliphatic hydroxyl groups is 1. The second kappa shape index (κ2) is 7.33. The van der Waals surface area contributed by atoms with Crippen molar-refractivity contribution in [3.63, 3.8) is 0 Å². The molecule has 1 aromatic carbocycles. The van der Waals surface area contributed by atoms with Gasteiger partial charge < -0.3 is 28.7 Å². The maximum atomic E-state index is 12.4. The van der Waals surface area contributed by atoms with E-state index in [9.17, 15) is 9.90 Å². The van der Waals surface area contributed by atoms with Crippen molar-refractivity contribution >= 4 is 5.91 Å². The van der Waals surface area contributed by atoms with E-state index in [0.29, 0.717) is 22.8 Å². The average molecular weight is 397 g/mol. The number of fused-ring (bicyclic) bond motifs is 1. The van der Waals surface area contributed by atoms with Crippen LogP contribution in [0.25, 0.3) is 0 Å². The molecule has 2 aromatic heterocycles. The second-order valence-electron chi connectivity index (χ2n) is 7.70. The molecule has 29 heavy (non-hydrogen) atoms. The van der Waals surface area contributed by atoms with Gasteiger partial charge in [-0.3, -0.25) is 4.79 Å². The van der Waals surface area contributed by atoms with Gasteiger partial charge >= 0.3 is 0 Å². The molecule has 3 aromatic rings. The van der Waals surface area contributed by atoms with E-state index in [2.05, 4.69) is 5.32 Å². The van der Waals surface area contributed by atoms with Crippen LogP contribution < -0.4 is 14.8 Å². The van der Waals surface area contributed by atoms with Crippen LogP contribution in [0.5, 0.6) is 11.5 Å². The lowest BCUT2D eigenvalue weighted by Gasteiger charge is -2.25. The molecule has 152 valence electrons. The van der Waals surface area contributed by atoms with E-state index in [-0.39, 0.29) is 24.7 Å². The minimum absolute atomic E-state index is 0.0985. The van der Waals surface area contributed by atoms with Crippen molar-refractivity contribution in [2.45, 2.75) is 31.5 Å². The van der Waals surface area contributed by atoms with Crippen LogP contribution in [0.15, 0.2) is 64.0 Å². The van der Waals surface area contributed by atoms with Crippen LogP contribution in [-0.4, -0.2) is 29.8 Å². The molecule has 2 N–H and O–H groups in total. The van der Waals surface area contributed by atoms with Gasteiger partial charge in [-0.1, -0.05) is 12.1 Å². The zero-order chi connectivity index (χ0) is 20.5. The molecule has 7 heteroatoms. The number of carbonyl (C=O) groups excluding carboxylic acids is 1. The largest absolute Gasteiger partial charge is 0.483 e. The number of furan rings is 2. The number of ether oxygens (including phenoxy) is 2. The van der Waals surface area contributed by atoms with Gasteiger partial charge in [-0.2, -0.15) is 0 Å². The molecule has 1 atom stereocenters. The van der Waals surface area contributed by atoms with Crippen LogP contribution in [0.3, 0.4) is 0 Å². The molecule has 0 aliphatic carbocycles. The van der Waals surface area contributed by atoms with Crippen molar-refractivity contribution < 1.29 is 28.2 Å². The molecule has 3 heterocycles. The quantitative estimate of drug-likeness (QED) is 0.637. The summed E-state index contributed by atoms with van der Waals surface area (Å²) in [4.78, 5) is 12.4. The summed E-state index contributed by atoms with van der Waals surface area (Å²) >= 11 is 0. The summed E-state index contributed by atoms with van der Waals surface area (Å²) in [7, 11) is 0. The zero-order valence-corrected chi connectivity index (χ0v) is 16.3. The SMILES string of the molecule is CC1(C)Cc2cccc(OCC(=O)NC[C@@](O)(c3ccoc3)c3ccco3)c2O1. The number of carbonyl (C=O) groups is 1. The summed E-state index contributed by atoms with van der Waals surface area (Å²) in [6, 6.07) is 10.6. The van der Waals surface area contributed by atoms with Gasteiger partial charge in [0.25, 0.3) is 5.91 Å². The number of rotatable bonds is 7.